The van der Waals surface area contributed by atoms with Crippen molar-refractivity contribution in [2.24, 2.45) is 0 Å². The molecule has 0 bridgehead atoms. The van der Waals surface area contributed by atoms with Gasteiger partial charge >= 0.3 is 0 Å². The monoisotopic (exact) mass is 242 g/mol. The maximum Gasteiger partial charge on any atom is 0.0681 e. The normalized spacial score (nSPS) is 10.6. The lowest BCUT2D eigenvalue weighted by molar-refractivity contribution is 0.281. The molecule has 0 aliphatic carbocycles. The molecule has 1 heterocycles. The van der Waals surface area contributed by atoms with E-state index in [2.05, 4.69) is 16.4 Å². The minimum Gasteiger partial charge on any atom is -0.392 e. The third-order valence-corrected chi connectivity index (χ3v) is 2.76. The lowest BCUT2D eigenvalue weighted by Gasteiger charge is -2.06. The van der Waals surface area contributed by atoms with E-state index < -0.39 is 0 Å². The summed E-state index contributed by atoms with van der Waals surface area (Å²) in [4.78, 5) is 4.44. The number of rotatable bonds is 5. The molecule has 18 heavy (non-hydrogen) atoms. The number of aliphatic hydroxyl groups is 1. The lowest BCUT2D eigenvalue weighted by atomic mass is 10.1. The number of nitrogens with zero attached hydrogens (tertiary/aromatic N) is 1. The molecule has 0 amide bonds. The maximum absolute atomic E-state index is 9.07. The van der Waals surface area contributed by atoms with Gasteiger partial charge in [-0.2, -0.15) is 0 Å². The van der Waals surface area contributed by atoms with E-state index in [0.717, 1.165) is 30.0 Å². The van der Waals surface area contributed by atoms with Crippen molar-refractivity contribution in [2.45, 2.75) is 26.6 Å². The molecule has 3 nitrogen and oxygen atoms in total. The Labute approximate surface area is 108 Å². The van der Waals surface area contributed by atoms with Gasteiger partial charge in [-0.1, -0.05) is 30.3 Å². The smallest absolute Gasteiger partial charge is 0.0681 e. The van der Waals surface area contributed by atoms with Gasteiger partial charge < -0.3 is 10.4 Å². The van der Waals surface area contributed by atoms with Crippen molar-refractivity contribution in [3.05, 3.63) is 65.0 Å². The summed E-state index contributed by atoms with van der Waals surface area (Å²) < 4.78 is 0. The van der Waals surface area contributed by atoms with E-state index in [1.165, 1.54) is 5.56 Å². The van der Waals surface area contributed by atoms with Gasteiger partial charge in [-0.05, 0) is 30.2 Å². The summed E-state index contributed by atoms with van der Waals surface area (Å²) in [5.41, 5.74) is 4.21. The van der Waals surface area contributed by atoms with E-state index >= 15 is 0 Å². The summed E-state index contributed by atoms with van der Waals surface area (Å²) in [6.07, 6.45) is 0. The molecule has 0 unspecified atom stereocenters. The van der Waals surface area contributed by atoms with E-state index in [0.29, 0.717) is 0 Å². The van der Waals surface area contributed by atoms with Crippen LogP contribution in [-0.4, -0.2) is 10.1 Å². The van der Waals surface area contributed by atoms with Crippen LogP contribution in [0, 0.1) is 6.92 Å². The van der Waals surface area contributed by atoms with Gasteiger partial charge in [-0.15, -0.1) is 0 Å². The Morgan fingerprint density at radius 3 is 2.61 bits per heavy atom. The van der Waals surface area contributed by atoms with Crippen LogP contribution in [0.15, 0.2) is 42.5 Å². The largest absolute Gasteiger partial charge is 0.392 e. The lowest BCUT2D eigenvalue weighted by Crippen LogP contribution is -2.14. The molecule has 0 radical (unpaired) electrons. The van der Waals surface area contributed by atoms with E-state index in [4.69, 9.17) is 5.11 Å². The fourth-order valence-corrected chi connectivity index (χ4v) is 1.87. The maximum atomic E-state index is 9.07. The van der Waals surface area contributed by atoms with Crippen LogP contribution in [0.1, 0.15) is 22.5 Å². The molecule has 2 aromatic rings. The highest BCUT2D eigenvalue weighted by Gasteiger charge is 1.97. The molecule has 0 atom stereocenters. The molecule has 0 aliphatic heterocycles. The van der Waals surface area contributed by atoms with Crippen LogP contribution < -0.4 is 5.32 Å². The fraction of sp³-hybridized carbons (Fsp3) is 0.267. The first kappa shape index (κ1) is 12.7. The van der Waals surface area contributed by atoms with Gasteiger partial charge in [-0.3, -0.25) is 4.98 Å². The van der Waals surface area contributed by atoms with Crippen molar-refractivity contribution in [3.8, 4) is 0 Å². The van der Waals surface area contributed by atoms with Crippen LogP contribution >= 0.6 is 0 Å². The zero-order valence-electron chi connectivity index (χ0n) is 10.6. The van der Waals surface area contributed by atoms with Crippen molar-refractivity contribution in [2.75, 3.05) is 0 Å². The van der Waals surface area contributed by atoms with Crippen LogP contribution in [0.3, 0.4) is 0 Å². The predicted molar refractivity (Wildman–Crippen MR) is 71.9 cm³/mol. The average Bonchev–Trinajstić information content (AvgIpc) is 2.39. The summed E-state index contributed by atoms with van der Waals surface area (Å²) in [7, 11) is 0. The van der Waals surface area contributed by atoms with Crippen LogP contribution in [0.5, 0.6) is 0 Å². The Kier molecular flexibility index (Phi) is 4.45. The van der Waals surface area contributed by atoms with Crippen LogP contribution in [0.4, 0.5) is 0 Å². The number of aryl methyl sites for hydroxylation is 1. The minimum absolute atomic E-state index is 0.0906. The number of nitrogens with one attached hydrogen (secondary N) is 1. The summed E-state index contributed by atoms with van der Waals surface area (Å²) in [6, 6.07) is 14.0. The molecule has 0 aliphatic rings. The summed E-state index contributed by atoms with van der Waals surface area (Å²) in [5.74, 6) is 0. The molecule has 3 heteroatoms. The second-order valence-electron chi connectivity index (χ2n) is 4.35. The van der Waals surface area contributed by atoms with Crippen molar-refractivity contribution >= 4 is 0 Å². The summed E-state index contributed by atoms with van der Waals surface area (Å²) >= 11 is 0. The minimum atomic E-state index is 0.0906. The number of hydrogen-bond donors (Lipinski definition) is 2. The number of aromatic nitrogens is 1. The van der Waals surface area contributed by atoms with Gasteiger partial charge in [0.2, 0.25) is 0 Å². The zero-order chi connectivity index (χ0) is 12.8. The predicted octanol–water partition coefficient (Wildman–Crippen LogP) is 2.17. The van der Waals surface area contributed by atoms with Crippen LogP contribution in [-0.2, 0) is 19.7 Å². The Balaban J connectivity index is 1.88. The molecular formula is C15H18N2O. The first-order chi connectivity index (χ1) is 8.78. The topological polar surface area (TPSA) is 45.1 Å². The molecule has 0 spiro atoms. The second kappa shape index (κ2) is 6.28. The van der Waals surface area contributed by atoms with Crippen molar-refractivity contribution < 1.29 is 5.11 Å². The molecular weight excluding hydrogens is 224 g/mol. The zero-order valence-corrected chi connectivity index (χ0v) is 10.6. The molecule has 0 fully saturated rings. The highest BCUT2D eigenvalue weighted by molar-refractivity contribution is 5.22. The van der Waals surface area contributed by atoms with Gasteiger partial charge in [0.1, 0.15) is 0 Å². The van der Waals surface area contributed by atoms with Gasteiger partial charge in [0.25, 0.3) is 0 Å². The molecule has 0 saturated carbocycles. The number of benzene rings is 1. The van der Waals surface area contributed by atoms with E-state index in [-0.39, 0.29) is 6.61 Å². The van der Waals surface area contributed by atoms with Crippen molar-refractivity contribution in [3.63, 3.8) is 0 Å². The highest BCUT2D eigenvalue weighted by Crippen LogP contribution is 2.05. The molecule has 2 rings (SSSR count). The third-order valence-electron chi connectivity index (χ3n) is 2.76. The first-order valence-electron chi connectivity index (χ1n) is 6.10. The summed E-state index contributed by atoms with van der Waals surface area (Å²) in [6.45, 7) is 3.62. The Bertz CT molecular complexity index is 511. The third kappa shape index (κ3) is 3.65. The standard InChI is InChI=1S/C15H18N2O/c1-12-4-2-7-15(17-12)10-16-9-13-5-3-6-14(8-13)11-18/h2-8,16,18H,9-11H2,1H3. The Morgan fingerprint density at radius 1 is 1.06 bits per heavy atom. The van der Waals surface area contributed by atoms with E-state index in [9.17, 15) is 0 Å². The van der Waals surface area contributed by atoms with Crippen LogP contribution in [0.25, 0.3) is 0 Å². The fourth-order valence-electron chi connectivity index (χ4n) is 1.87. The Hall–Kier alpha value is -1.71. The molecule has 94 valence electrons. The van der Waals surface area contributed by atoms with Gasteiger partial charge in [0, 0.05) is 18.8 Å². The first-order valence-corrected chi connectivity index (χ1v) is 6.10. The van der Waals surface area contributed by atoms with Crippen LogP contribution in [0.2, 0.25) is 0 Å². The highest BCUT2D eigenvalue weighted by atomic mass is 16.3. The quantitative estimate of drug-likeness (QED) is 0.844. The van der Waals surface area contributed by atoms with Gasteiger partial charge in [0.05, 0.1) is 12.3 Å². The number of pyridine rings is 1. The average molecular weight is 242 g/mol. The molecule has 1 aromatic carbocycles. The number of aliphatic hydroxyl groups excluding tert-OH is 1. The van der Waals surface area contributed by atoms with E-state index in [1.54, 1.807) is 0 Å². The molecule has 1 aromatic heterocycles. The Morgan fingerprint density at radius 2 is 1.83 bits per heavy atom. The molecule has 2 N–H and O–H groups in total. The van der Waals surface area contributed by atoms with E-state index in [1.807, 2.05) is 43.3 Å². The number of hydrogen-bond acceptors (Lipinski definition) is 3. The second-order valence-corrected chi connectivity index (χ2v) is 4.35. The van der Waals surface area contributed by atoms with Crippen molar-refractivity contribution in [1.82, 2.24) is 10.3 Å². The van der Waals surface area contributed by atoms with Gasteiger partial charge in [-0.25, -0.2) is 0 Å². The van der Waals surface area contributed by atoms with Crippen molar-refractivity contribution in [1.29, 1.82) is 0 Å². The van der Waals surface area contributed by atoms with Gasteiger partial charge in [0.15, 0.2) is 0 Å². The summed E-state index contributed by atoms with van der Waals surface area (Å²) in [5, 5.41) is 12.4. The SMILES string of the molecule is Cc1cccc(CNCc2cccc(CO)c2)n1. The molecule has 0 saturated heterocycles.